The summed E-state index contributed by atoms with van der Waals surface area (Å²) in [5.74, 6) is 1.75. The Hall–Kier alpha value is -0.900. The van der Waals surface area contributed by atoms with E-state index in [1.54, 1.807) is 0 Å². The molecule has 0 aromatic heterocycles. The molecule has 2 aliphatic carbocycles. The molecule has 2 saturated carbocycles. The number of amidine groups is 1. The van der Waals surface area contributed by atoms with Gasteiger partial charge in [-0.15, -0.1) is 0 Å². The van der Waals surface area contributed by atoms with Gasteiger partial charge in [-0.2, -0.15) is 0 Å². The molecule has 27 heavy (non-hydrogen) atoms. The normalized spacial score (nSPS) is 35.5. The SMILES string of the molecule is CC1=NC(C2CCCCCCCCC2)(C2CCCCCC(N)CC2)N=C1N. The average Bonchev–Trinajstić information content (AvgIpc) is 3.01. The second-order valence-corrected chi connectivity index (χ2v) is 9.40. The van der Waals surface area contributed by atoms with Gasteiger partial charge in [0.05, 0.1) is 5.71 Å². The molecule has 0 aromatic rings. The van der Waals surface area contributed by atoms with Crippen molar-refractivity contribution in [1.82, 2.24) is 0 Å². The van der Waals surface area contributed by atoms with Crippen LogP contribution in [0.5, 0.6) is 0 Å². The maximum absolute atomic E-state index is 6.40. The van der Waals surface area contributed by atoms with Crippen LogP contribution in [0.2, 0.25) is 0 Å². The molecule has 4 N–H and O–H groups in total. The smallest absolute Gasteiger partial charge is 0.158 e. The minimum absolute atomic E-state index is 0.294. The second kappa shape index (κ2) is 10.0. The minimum Gasteiger partial charge on any atom is -0.382 e. The van der Waals surface area contributed by atoms with E-state index in [1.807, 2.05) is 0 Å². The first-order valence-corrected chi connectivity index (χ1v) is 11.8. The first kappa shape index (κ1) is 20.8. The molecule has 0 radical (unpaired) electrons. The fourth-order valence-electron chi connectivity index (χ4n) is 5.66. The first-order valence-electron chi connectivity index (χ1n) is 11.8. The summed E-state index contributed by atoms with van der Waals surface area (Å²) in [5.41, 5.74) is 13.4. The lowest BCUT2D eigenvalue weighted by molar-refractivity contribution is 0.141. The Morgan fingerprint density at radius 3 is 1.70 bits per heavy atom. The van der Waals surface area contributed by atoms with E-state index in [-0.39, 0.29) is 5.66 Å². The molecule has 4 nitrogen and oxygen atoms in total. The van der Waals surface area contributed by atoms with Crippen molar-refractivity contribution in [1.29, 1.82) is 0 Å². The van der Waals surface area contributed by atoms with E-state index in [2.05, 4.69) is 6.92 Å². The Bertz CT molecular complexity index is 496. The van der Waals surface area contributed by atoms with Crippen molar-refractivity contribution in [2.75, 3.05) is 0 Å². The quantitative estimate of drug-likeness (QED) is 0.684. The summed E-state index contributed by atoms with van der Waals surface area (Å²) in [6, 6.07) is 0.347. The summed E-state index contributed by atoms with van der Waals surface area (Å²) in [5, 5.41) is 0. The fraction of sp³-hybridized carbons (Fsp3) is 0.913. The lowest BCUT2D eigenvalue weighted by Crippen LogP contribution is -2.42. The number of rotatable bonds is 2. The fourth-order valence-corrected chi connectivity index (χ4v) is 5.66. The highest BCUT2D eigenvalue weighted by molar-refractivity contribution is 6.41. The van der Waals surface area contributed by atoms with Crippen LogP contribution in [0.1, 0.15) is 110 Å². The molecule has 3 aliphatic rings. The highest BCUT2D eigenvalue weighted by atomic mass is 15.2. The summed E-state index contributed by atoms with van der Waals surface area (Å²) < 4.78 is 0. The van der Waals surface area contributed by atoms with Crippen molar-refractivity contribution in [2.24, 2.45) is 33.3 Å². The topological polar surface area (TPSA) is 76.8 Å². The first-order chi connectivity index (χ1) is 13.1. The number of hydrogen-bond donors (Lipinski definition) is 2. The second-order valence-electron chi connectivity index (χ2n) is 9.40. The van der Waals surface area contributed by atoms with Gasteiger partial charge in [-0.05, 0) is 45.4 Å². The molecule has 0 bridgehead atoms. The molecule has 2 fully saturated rings. The molecule has 0 spiro atoms. The molecule has 3 rings (SSSR count). The van der Waals surface area contributed by atoms with Gasteiger partial charge in [-0.3, -0.25) is 4.99 Å². The van der Waals surface area contributed by atoms with Crippen molar-refractivity contribution in [3.63, 3.8) is 0 Å². The standard InChI is InChI=1S/C23H42N4/c1-18-22(25)27-23(26-18,19-12-8-5-3-2-4-6-9-13-19)20-14-10-7-11-15-21(24)17-16-20/h19-21H,2-17,24H2,1H3,(H2,25,27). The van der Waals surface area contributed by atoms with Crippen LogP contribution in [0, 0.1) is 11.8 Å². The third-order valence-electron chi connectivity index (χ3n) is 7.34. The zero-order valence-electron chi connectivity index (χ0n) is 17.6. The number of aliphatic imine (C=N–C) groups is 2. The Labute approximate surface area is 166 Å². The van der Waals surface area contributed by atoms with Crippen LogP contribution in [0.15, 0.2) is 9.98 Å². The molecule has 0 amide bonds. The predicted molar refractivity (Wildman–Crippen MR) is 116 cm³/mol. The van der Waals surface area contributed by atoms with Crippen LogP contribution in [-0.4, -0.2) is 23.3 Å². The van der Waals surface area contributed by atoms with E-state index >= 15 is 0 Å². The third kappa shape index (κ3) is 5.34. The van der Waals surface area contributed by atoms with Gasteiger partial charge in [0, 0.05) is 17.9 Å². The molecule has 0 saturated heterocycles. The third-order valence-corrected chi connectivity index (χ3v) is 7.34. The van der Waals surface area contributed by atoms with Crippen LogP contribution < -0.4 is 11.5 Å². The van der Waals surface area contributed by atoms with E-state index < -0.39 is 0 Å². The number of nitrogens with zero attached hydrogens (tertiary/aromatic N) is 2. The zero-order valence-corrected chi connectivity index (χ0v) is 17.6. The zero-order chi connectivity index (χ0) is 19.1. The molecular weight excluding hydrogens is 332 g/mol. The highest BCUT2D eigenvalue weighted by Gasteiger charge is 2.47. The van der Waals surface area contributed by atoms with Gasteiger partial charge in [-0.25, -0.2) is 4.99 Å². The Kier molecular flexibility index (Phi) is 7.75. The van der Waals surface area contributed by atoms with Crippen LogP contribution in [-0.2, 0) is 0 Å². The van der Waals surface area contributed by atoms with E-state index in [4.69, 9.17) is 21.5 Å². The molecule has 3 atom stereocenters. The summed E-state index contributed by atoms with van der Waals surface area (Å²) >= 11 is 0. The van der Waals surface area contributed by atoms with Gasteiger partial charge in [0.15, 0.2) is 5.66 Å². The van der Waals surface area contributed by atoms with E-state index in [1.165, 1.54) is 89.9 Å². The van der Waals surface area contributed by atoms with E-state index in [0.29, 0.717) is 23.7 Å². The van der Waals surface area contributed by atoms with Crippen LogP contribution >= 0.6 is 0 Å². The summed E-state index contributed by atoms with van der Waals surface area (Å²) in [7, 11) is 0. The van der Waals surface area contributed by atoms with Crippen molar-refractivity contribution >= 4 is 11.5 Å². The molecule has 0 aromatic carbocycles. The Morgan fingerprint density at radius 1 is 0.667 bits per heavy atom. The van der Waals surface area contributed by atoms with Crippen molar-refractivity contribution < 1.29 is 0 Å². The summed E-state index contributed by atoms with van der Waals surface area (Å²) in [6.45, 7) is 2.06. The maximum Gasteiger partial charge on any atom is 0.158 e. The van der Waals surface area contributed by atoms with Gasteiger partial charge in [0.1, 0.15) is 5.84 Å². The number of hydrogen-bond acceptors (Lipinski definition) is 4. The van der Waals surface area contributed by atoms with Crippen LogP contribution in [0.4, 0.5) is 0 Å². The number of nitrogens with two attached hydrogens (primary N) is 2. The van der Waals surface area contributed by atoms with Gasteiger partial charge in [-0.1, -0.05) is 64.2 Å². The Morgan fingerprint density at radius 2 is 1.15 bits per heavy atom. The average molecular weight is 375 g/mol. The maximum atomic E-state index is 6.40. The molecule has 1 heterocycles. The van der Waals surface area contributed by atoms with Crippen molar-refractivity contribution in [2.45, 2.75) is 121 Å². The van der Waals surface area contributed by atoms with Crippen molar-refractivity contribution in [3.05, 3.63) is 0 Å². The molecule has 4 heteroatoms. The molecular formula is C23H42N4. The minimum atomic E-state index is -0.294. The van der Waals surface area contributed by atoms with Crippen molar-refractivity contribution in [3.8, 4) is 0 Å². The van der Waals surface area contributed by atoms with Gasteiger partial charge in [0.2, 0.25) is 0 Å². The van der Waals surface area contributed by atoms with Gasteiger partial charge < -0.3 is 11.5 Å². The van der Waals surface area contributed by atoms with E-state index in [9.17, 15) is 0 Å². The predicted octanol–water partition coefficient (Wildman–Crippen LogP) is 5.34. The molecule has 3 unspecified atom stereocenters. The lowest BCUT2D eigenvalue weighted by atomic mass is 9.72. The molecule has 154 valence electrons. The van der Waals surface area contributed by atoms with Crippen LogP contribution in [0.25, 0.3) is 0 Å². The lowest BCUT2D eigenvalue weighted by Gasteiger charge is -2.40. The van der Waals surface area contributed by atoms with Gasteiger partial charge >= 0.3 is 0 Å². The highest BCUT2D eigenvalue weighted by Crippen LogP contribution is 2.46. The van der Waals surface area contributed by atoms with E-state index in [0.717, 1.165) is 18.6 Å². The summed E-state index contributed by atoms with van der Waals surface area (Å²) in [4.78, 5) is 10.4. The summed E-state index contributed by atoms with van der Waals surface area (Å²) in [6.07, 6.45) is 20.6. The largest absolute Gasteiger partial charge is 0.382 e. The van der Waals surface area contributed by atoms with Gasteiger partial charge in [0.25, 0.3) is 0 Å². The monoisotopic (exact) mass is 374 g/mol. The van der Waals surface area contributed by atoms with Crippen LogP contribution in [0.3, 0.4) is 0 Å². The Balaban J connectivity index is 1.86. The molecule has 1 aliphatic heterocycles.